The quantitative estimate of drug-likeness (QED) is 0.449. The maximum Gasteiger partial charge on any atom is 0.509 e. The van der Waals surface area contributed by atoms with Gasteiger partial charge in [0.2, 0.25) is 9.05 Å². The Labute approximate surface area is 122 Å². The standard InChI is InChI=1S/C8H7BClF4O5S2/c1-5-6(4-20(10,15)16)2-7(9(11,12)13)3-8(5)19-21(14,17)18/h2-3H,4H2,1H3/q-1. The SMILES string of the molecule is Cc1c(CS(=O)(=O)Cl)cc([B-](F)(F)F)cc1OS(=O)(=O)F. The Morgan fingerprint density at radius 1 is 1.19 bits per heavy atom. The summed E-state index contributed by atoms with van der Waals surface area (Å²) in [5.41, 5.74) is -2.07. The summed E-state index contributed by atoms with van der Waals surface area (Å²) in [6.45, 7) is -4.51. The van der Waals surface area contributed by atoms with Crippen LogP contribution in [0.4, 0.5) is 16.8 Å². The van der Waals surface area contributed by atoms with Crippen LogP contribution in [0, 0.1) is 6.92 Å². The molecule has 0 spiro atoms. The molecule has 13 heteroatoms. The van der Waals surface area contributed by atoms with Crippen molar-refractivity contribution in [3.05, 3.63) is 23.3 Å². The van der Waals surface area contributed by atoms with Crippen LogP contribution < -0.4 is 9.65 Å². The molecule has 0 unspecified atom stereocenters. The fourth-order valence-electron chi connectivity index (χ4n) is 1.49. The van der Waals surface area contributed by atoms with E-state index >= 15 is 0 Å². The van der Waals surface area contributed by atoms with Gasteiger partial charge in [0, 0.05) is 10.7 Å². The lowest BCUT2D eigenvalue weighted by Crippen LogP contribution is -2.34. The van der Waals surface area contributed by atoms with Gasteiger partial charge in [-0.15, -0.1) is 5.46 Å². The lowest BCUT2D eigenvalue weighted by molar-refractivity contribution is 0.438. The number of halogens is 5. The van der Waals surface area contributed by atoms with Crippen molar-refractivity contribution in [2.45, 2.75) is 12.7 Å². The van der Waals surface area contributed by atoms with E-state index in [9.17, 15) is 33.7 Å². The van der Waals surface area contributed by atoms with Gasteiger partial charge in [0.1, 0.15) is 5.75 Å². The van der Waals surface area contributed by atoms with Crippen LogP contribution in [0.1, 0.15) is 11.1 Å². The smallest absolute Gasteiger partial charge is 0.445 e. The van der Waals surface area contributed by atoms with Gasteiger partial charge in [-0.1, -0.05) is 9.95 Å². The summed E-state index contributed by atoms with van der Waals surface area (Å²) in [5, 5.41) is 0. The normalized spacial score (nSPS) is 13.2. The molecule has 21 heavy (non-hydrogen) atoms. The molecule has 1 aromatic rings. The van der Waals surface area contributed by atoms with E-state index in [4.69, 9.17) is 10.7 Å². The third-order valence-electron chi connectivity index (χ3n) is 2.39. The summed E-state index contributed by atoms with van der Waals surface area (Å²) < 4.78 is 97.2. The molecule has 0 bridgehead atoms. The van der Waals surface area contributed by atoms with Crippen LogP contribution in [0.3, 0.4) is 0 Å². The van der Waals surface area contributed by atoms with Gasteiger partial charge in [0.25, 0.3) is 0 Å². The first-order chi connectivity index (χ1) is 9.19. The predicted octanol–water partition coefficient (Wildman–Crippen LogP) is 1.71. The highest BCUT2D eigenvalue weighted by Gasteiger charge is 2.29. The zero-order chi connectivity index (χ0) is 16.6. The lowest BCUT2D eigenvalue weighted by atomic mass is 9.78. The maximum atomic E-state index is 12.7. The monoisotopic (exact) mass is 369 g/mol. The number of hydrogen-bond donors (Lipinski definition) is 0. The lowest BCUT2D eigenvalue weighted by Gasteiger charge is -2.19. The van der Waals surface area contributed by atoms with E-state index in [1.54, 1.807) is 0 Å². The van der Waals surface area contributed by atoms with Gasteiger partial charge in [-0.3, -0.25) is 0 Å². The van der Waals surface area contributed by atoms with Crippen LogP contribution in [-0.4, -0.2) is 23.8 Å². The number of benzene rings is 1. The van der Waals surface area contributed by atoms with Gasteiger partial charge < -0.3 is 17.1 Å². The van der Waals surface area contributed by atoms with Crippen molar-refractivity contribution in [2.24, 2.45) is 0 Å². The Balaban J connectivity index is 3.54. The first-order valence-corrected chi connectivity index (χ1v) is 8.87. The fraction of sp³-hybridized carbons (Fsp3) is 0.250. The molecule has 1 aromatic carbocycles. The molecule has 0 aromatic heterocycles. The minimum Gasteiger partial charge on any atom is -0.445 e. The Morgan fingerprint density at radius 3 is 2.10 bits per heavy atom. The Kier molecular flexibility index (Phi) is 4.85. The molecule has 0 aliphatic carbocycles. The van der Waals surface area contributed by atoms with Crippen molar-refractivity contribution in [3.8, 4) is 5.75 Å². The summed E-state index contributed by atoms with van der Waals surface area (Å²) in [6, 6.07) is 0.768. The molecular weight excluding hydrogens is 362 g/mol. The number of rotatable bonds is 5. The molecule has 0 saturated heterocycles. The highest BCUT2D eigenvalue weighted by molar-refractivity contribution is 8.13. The molecule has 0 amide bonds. The average molecular weight is 370 g/mol. The third-order valence-corrected chi connectivity index (χ3v) is 3.75. The minimum atomic E-state index is -5.59. The van der Waals surface area contributed by atoms with Crippen molar-refractivity contribution in [2.75, 3.05) is 0 Å². The second-order valence-electron chi connectivity index (χ2n) is 4.04. The van der Waals surface area contributed by atoms with Gasteiger partial charge in [0.15, 0.2) is 0 Å². The molecule has 1 rings (SSSR count). The van der Waals surface area contributed by atoms with Crippen molar-refractivity contribution in [1.29, 1.82) is 0 Å². The van der Waals surface area contributed by atoms with E-state index < -0.39 is 49.1 Å². The summed E-state index contributed by atoms with van der Waals surface area (Å²) in [7, 11) is -4.82. The van der Waals surface area contributed by atoms with Crippen molar-refractivity contribution in [3.63, 3.8) is 0 Å². The van der Waals surface area contributed by atoms with E-state index in [2.05, 4.69) is 4.18 Å². The second-order valence-corrected chi connectivity index (χ2v) is 7.77. The van der Waals surface area contributed by atoms with Crippen molar-refractivity contribution >= 4 is 42.7 Å². The summed E-state index contributed by atoms with van der Waals surface area (Å²) in [6.07, 6.45) is 0. The van der Waals surface area contributed by atoms with E-state index in [0.29, 0.717) is 6.07 Å². The highest BCUT2D eigenvalue weighted by atomic mass is 35.7. The molecule has 0 atom stereocenters. The molecule has 0 fully saturated rings. The van der Waals surface area contributed by atoms with Crippen LogP contribution in [0.25, 0.3) is 0 Å². The summed E-state index contributed by atoms with van der Waals surface area (Å²) in [4.78, 5) is 0. The molecule has 0 saturated carbocycles. The topological polar surface area (TPSA) is 77.5 Å². The summed E-state index contributed by atoms with van der Waals surface area (Å²) >= 11 is 0. The van der Waals surface area contributed by atoms with E-state index in [-0.39, 0.29) is 11.6 Å². The van der Waals surface area contributed by atoms with Crippen LogP contribution in [0.2, 0.25) is 0 Å². The molecule has 0 heterocycles. The molecule has 120 valence electrons. The van der Waals surface area contributed by atoms with Crippen molar-refractivity contribution in [1.82, 2.24) is 0 Å². The van der Waals surface area contributed by atoms with E-state index in [1.165, 1.54) is 0 Å². The van der Waals surface area contributed by atoms with Crippen molar-refractivity contribution < 1.29 is 37.9 Å². The van der Waals surface area contributed by atoms with Gasteiger partial charge in [-0.05, 0) is 24.1 Å². The second kappa shape index (κ2) is 5.65. The third kappa shape index (κ3) is 5.71. The maximum absolute atomic E-state index is 12.7. The van der Waals surface area contributed by atoms with E-state index in [1.807, 2.05) is 0 Å². The largest absolute Gasteiger partial charge is 0.509 e. The van der Waals surface area contributed by atoms with Gasteiger partial charge in [-0.25, -0.2) is 8.42 Å². The molecule has 5 nitrogen and oxygen atoms in total. The Bertz CT molecular complexity index is 704. The van der Waals surface area contributed by atoms with Gasteiger partial charge in [-0.2, -0.15) is 8.42 Å². The van der Waals surface area contributed by atoms with Crippen LogP contribution in [0.5, 0.6) is 5.75 Å². The average Bonchev–Trinajstić information content (AvgIpc) is 2.18. The molecule has 0 aliphatic heterocycles. The highest BCUT2D eigenvalue weighted by Crippen LogP contribution is 2.26. The minimum absolute atomic E-state index is 0.275. The zero-order valence-electron chi connectivity index (χ0n) is 10.2. The van der Waals surface area contributed by atoms with Crippen LogP contribution in [-0.2, 0) is 25.3 Å². The molecule has 0 N–H and O–H groups in total. The predicted molar refractivity (Wildman–Crippen MR) is 69.0 cm³/mol. The fourth-order valence-corrected chi connectivity index (χ4v) is 2.90. The Morgan fingerprint density at radius 2 is 1.71 bits per heavy atom. The number of hydrogen-bond acceptors (Lipinski definition) is 5. The van der Waals surface area contributed by atoms with E-state index in [0.717, 1.165) is 6.92 Å². The first kappa shape index (κ1) is 18.0. The first-order valence-electron chi connectivity index (χ1n) is 5.09. The zero-order valence-corrected chi connectivity index (χ0v) is 12.6. The van der Waals surface area contributed by atoms with Crippen LogP contribution >= 0.6 is 10.7 Å². The molecular formula is C8H7BClF4O5S2-. The van der Waals surface area contributed by atoms with Crippen LogP contribution in [0.15, 0.2) is 12.1 Å². The van der Waals surface area contributed by atoms with Gasteiger partial charge in [0.05, 0.1) is 5.75 Å². The molecule has 0 aliphatic rings. The Hall–Kier alpha value is -1.01. The summed E-state index contributed by atoms with van der Waals surface area (Å²) in [5.74, 6) is -1.95. The van der Waals surface area contributed by atoms with Gasteiger partial charge >= 0.3 is 17.5 Å². The molecule has 0 radical (unpaired) electrons.